The van der Waals surface area contributed by atoms with Crippen molar-refractivity contribution in [2.24, 2.45) is 0 Å². The van der Waals surface area contributed by atoms with Gasteiger partial charge in [-0.05, 0) is 31.4 Å². The molecule has 0 unspecified atom stereocenters. The van der Waals surface area contributed by atoms with Crippen LogP contribution in [-0.2, 0) is 19.4 Å². The Hall–Kier alpha value is -1.68. The number of aliphatic hydroxyl groups is 1. The third-order valence-corrected chi connectivity index (χ3v) is 3.44. The van der Waals surface area contributed by atoms with E-state index in [-0.39, 0.29) is 6.61 Å². The van der Waals surface area contributed by atoms with Crippen LogP contribution in [0.5, 0.6) is 0 Å². The average molecular weight is 243 g/mol. The SMILES string of the molecule is OCCc1nc(-c2ccccn2)n2c1CCCC2. The number of fused-ring (bicyclic) bond motifs is 1. The Morgan fingerprint density at radius 2 is 2.22 bits per heavy atom. The lowest BCUT2D eigenvalue weighted by Gasteiger charge is -2.17. The van der Waals surface area contributed by atoms with Crippen molar-refractivity contribution in [3.63, 3.8) is 0 Å². The first-order valence-electron chi connectivity index (χ1n) is 6.50. The van der Waals surface area contributed by atoms with Gasteiger partial charge in [-0.3, -0.25) is 4.98 Å². The van der Waals surface area contributed by atoms with Gasteiger partial charge in [0.2, 0.25) is 0 Å². The van der Waals surface area contributed by atoms with Crippen molar-refractivity contribution in [2.45, 2.75) is 32.2 Å². The van der Waals surface area contributed by atoms with Crippen LogP contribution in [0.1, 0.15) is 24.2 Å². The maximum Gasteiger partial charge on any atom is 0.159 e. The van der Waals surface area contributed by atoms with Crippen molar-refractivity contribution in [2.75, 3.05) is 6.61 Å². The molecule has 1 N–H and O–H groups in total. The molecule has 3 rings (SSSR count). The third-order valence-electron chi connectivity index (χ3n) is 3.44. The fraction of sp³-hybridized carbons (Fsp3) is 0.429. The summed E-state index contributed by atoms with van der Waals surface area (Å²) < 4.78 is 2.27. The maximum absolute atomic E-state index is 9.14. The molecule has 0 amide bonds. The molecule has 0 bridgehead atoms. The Bertz CT molecular complexity index is 533. The molecule has 1 aliphatic heterocycles. The lowest BCUT2D eigenvalue weighted by Crippen LogP contribution is -2.12. The Morgan fingerprint density at radius 3 is 3.00 bits per heavy atom. The average Bonchev–Trinajstić information content (AvgIpc) is 2.80. The minimum atomic E-state index is 0.158. The van der Waals surface area contributed by atoms with Crippen molar-refractivity contribution in [1.29, 1.82) is 0 Å². The van der Waals surface area contributed by atoms with Crippen molar-refractivity contribution in [3.05, 3.63) is 35.8 Å². The molecule has 4 nitrogen and oxygen atoms in total. The summed E-state index contributed by atoms with van der Waals surface area (Å²) in [6.07, 6.45) is 5.91. The van der Waals surface area contributed by atoms with E-state index in [1.807, 2.05) is 18.2 Å². The number of aliphatic hydroxyl groups excluding tert-OH is 1. The highest BCUT2D eigenvalue weighted by Gasteiger charge is 2.20. The van der Waals surface area contributed by atoms with E-state index < -0.39 is 0 Å². The van der Waals surface area contributed by atoms with Gasteiger partial charge in [-0.25, -0.2) is 4.98 Å². The van der Waals surface area contributed by atoms with E-state index >= 15 is 0 Å². The van der Waals surface area contributed by atoms with Crippen molar-refractivity contribution < 1.29 is 5.11 Å². The first-order chi connectivity index (χ1) is 8.90. The van der Waals surface area contributed by atoms with Crippen LogP contribution in [0.15, 0.2) is 24.4 Å². The predicted molar refractivity (Wildman–Crippen MR) is 69.2 cm³/mol. The number of hydrogen-bond acceptors (Lipinski definition) is 3. The monoisotopic (exact) mass is 243 g/mol. The second-order valence-corrected chi connectivity index (χ2v) is 4.63. The van der Waals surface area contributed by atoms with Crippen LogP contribution in [-0.4, -0.2) is 26.2 Å². The van der Waals surface area contributed by atoms with Crippen LogP contribution >= 0.6 is 0 Å². The second-order valence-electron chi connectivity index (χ2n) is 4.63. The molecule has 2 aromatic rings. The van der Waals surface area contributed by atoms with Crippen LogP contribution in [0.3, 0.4) is 0 Å². The summed E-state index contributed by atoms with van der Waals surface area (Å²) in [6, 6.07) is 5.89. The fourth-order valence-electron chi connectivity index (χ4n) is 2.62. The smallest absolute Gasteiger partial charge is 0.159 e. The van der Waals surface area contributed by atoms with E-state index in [0.717, 1.165) is 30.2 Å². The molecule has 1 aliphatic rings. The van der Waals surface area contributed by atoms with Gasteiger partial charge in [0.25, 0.3) is 0 Å². The van der Waals surface area contributed by atoms with Gasteiger partial charge in [0, 0.05) is 31.5 Å². The van der Waals surface area contributed by atoms with Crippen molar-refractivity contribution in [3.8, 4) is 11.5 Å². The molecule has 3 heterocycles. The highest BCUT2D eigenvalue weighted by atomic mass is 16.3. The number of aromatic nitrogens is 3. The molecule has 0 atom stereocenters. The Kier molecular flexibility index (Phi) is 3.11. The second kappa shape index (κ2) is 4.90. The lowest BCUT2D eigenvalue weighted by molar-refractivity contribution is 0.297. The van der Waals surface area contributed by atoms with E-state index in [2.05, 4.69) is 9.55 Å². The van der Waals surface area contributed by atoms with Crippen LogP contribution in [0.25, 0.3) is 11.5 Å². The summed E-state index contributed by atoms with van der Waals surface area (Å²) in [4.78, 5) is 9.08. The quantitative estimate of drug-likeness (QED) is 0.894. The zero-order chi connectivity index (χ0) is 12.4. The van der Waals surface area contributed by atoms with Crippen molar-refractivity contribution >= 4 is 0 Å². The third kappa shape index (κ3) is 1.93. The summed E-state index contributed by atoms with van der Waals surface area (Å²) in [5.41, 5.74) is 3.25. The van der Waals surface area contributed by atoms with Gasteiger partial charge < -0.3 is 9.67 Å². The summed E-state index contributed by atoms with van der Waals surface area (Å²) in [6.45, 7) is 1.17. The van der Waals surface area contributed by atoms with Gasteiger partial charge in [-0.2, -0.15) is 0 Å². The number of nitrogens with zero attached hydrogens (tertiary/aromatic N) is 3. The number of pyridine rings is 1. The molecule has 94 valence electrons. The lowest BCUT2D eigenvalue weighted by atomic mass is 10.1. The van der Waals surface area contributed by atoms with E-state index in [1.54, 1.807) is 6.20 Å². The highest BCUT2D eigenvalue weighted by Crippen LogP contribution is 2.26. The normalized spacial score (nSPS) is 14.5. The van der Waals surface area contributed by atoms with Gasteiger partial charge in [-0.1, -0.05) is 6.07 Å². The molecule has 0 saturated carbocycles. The summed E-state index contributed by atoms with van der Waals surface area (Å²) in [7, 11) is 0. The van der Waals surface area contributed by atoms with Crippen molar-refractivity contribution in [1.82, 2.24) is 14.5 Å². The van der Waals surface area contributed by atoms with E-state index in [9.17, 15) is 0 Å². The minimum absolute atomic E-state index is 0.158. The predicted octanol–water partition coefficient (Wildman–Crippen LogP) is 1.82. The van der Waals surface area contributed by atoms with Gasteiger partial charge in [0.1, 0.15) is 5.69 Å². The van der Waals surface area contributed by atoms with Gasteiger partial charge in [0.15, 0.2) is 5.82 Å². The molecular formula is C14H17N3O. The number of imidazole rings is 1. The molecule has 0 aliphatic carbocycles. The first kappa shape index (κ1) is 11.4. The highest BCUT2D eigenvalue weighted by molar-refractivity contribution is 5.51. The summed E-state index contributed by atoms with van der Waals surface area (Å²) in [5.74, 6) is 0.953. The summed E-state index contributed by atoms with van der Waals surface area (Å²) >= 11 is 0. The van der Waals surface area contributed by atoms with Gasteiger partial charge >= 0.3 is 0 Å². The van der Waals surface area contributed by atoms with Crippen LogP contribution in [0, 0.1) is 0 Å². The molecule has 0 spiro atoms. The number of rotatable bonds is 3. The molecular weight excluding hydrogens is 226 g/mol. The minimum Gasteiger partial charge on any atom is -0.396 e. The topological polar surface area (TPSA) is 50.9 Å². The van der Waals surface area contributed by atoms with Crippen LogP contribution in [0.2, 0.25) is 0 Å². The molecule has 4 heteroatoms. The molecule has 0 radical (unpaired) electrons. The maximum atomic E-state index is 9.14. The summed E-state index contributed by atoms with van der Waals surface area (Å²) in [5, 5.41) is 9.14. The zero-order valence-corrected chi connectivity index (χ0v) is 10.3. The van der Waals surface area contributed by atoms with Gasteiger partial charge in [-0.15, -0.1) is 0 Å². The molecule has 0 aromatic carbocycles. The number of hydrogen-bond donors (Lipinski definition) is 1. The largest absolute Gasteiger partial charge is 0.396 e. The van der Waals surface area contributed by atoms with Crippen LogP contribution < -0.4 is 0 Å². The van der Waals surface area contributed by atoms with Gasteiger partial charge in [0.05, 0.1) is 5.69 Å². The zero-order valence-electron chi connectivity index (χ0n) is 10.3. The van der Waals surface area contributed by atoms with E-state index in [0.29, 0.717) is 6.42 Å². The van der Waals surface area contributed by atoms with E-state index in [4.69, 9.17) is 10.1 Å². The van der Waals surface area contributed by atoms with Crippen LogP contribution in [0.4, 0.5) is 0 Å². The Labute approximate surface area is 106 Å². The van der Waals surface area contributed by atoms with E-state index in [1.165, 1.54) is 18.5 Å². The standard InChI is InChI=1S/C14H17N3O/c18-10-7-11-13-6-2-4-9-17(13)14(16-11)12-5-1-3-8-15-12/h1,3,5,8,18H,2,4,6-7,9-10H2. The molecule has 0 saturated heterocycles. The Morgan fingerprint density at radius 1 is 1.28 bits per heavy atom. The molecule has 18 heavy (non-hydrogen) atoms. The molecule has 0 fully saturated rings. The molecule has 2 aromatic heterocycles. The Balaban J connectivity index is 2.09. The fourth-order valence-corrected chi connectivity index (χ4v) is 2.62. The first-order valence-corrected chi connectivity index (χ1v) is 6.50.